The van der Waals surface area contributed by atoms with E-state index in [-0.39, 0.29) is 0 Å². The highest BCUT2D eigenvalue weighted by Crippen LogP contribution is 2.15. The zero-order valence-electron chi connectivity index (χ0n) is 8.62. The molecule has 0 saturated heterocycles. The van der Waals surface area contributed by atoms with Crippen LogP contribution >= 0.6 is 11.6 Å². The molecule has 4 heteroatoms. The van der Waals surface area contributed by atoms with Crippen molar-refractivity contribution in [2.75, 3.05) is 26.4 Å². The fourth-order valence-corrected chi connectivity index (χ4v) is 1.16. The van der Waals surface area contributed by atoms with E-state index in [0.29, 0.717) is 31.4 Å². The van der Waals surface area contributed by atoms with Crippen LogP contribution in [0.1, 0.15) is 6.42 Å². The van der Waals surface area contributed by atoms with Gasteiger partial charge in [0.1, 0.15) is 12.4 Å². The minimum Gasteiger partial charge on any atom is -0.491 e. The summed E-state index contributed by atoms with van der Waals surface area (Å²) in [5.74, 6) is 0.807. The molecule has 2 N–H and O–H groups in total. The van der Waals surface area contributed by atoms with E-state index >= 15 is 0 Å². The Kier molecular flexibility index (Phi) is 6.16. The second kappa shape index (κ2) is 7.51. The molecular weight excluding hydrogens is 214 g/mol. The molecule has 1 aromatic carbocycles. The first-order valence-electron chi connectivity index (χ1n) is 4.99. The van der Waals surface area contributed by atoms with Gasteiger partial charge in [-0.05, 0) is 37.2 Å². The molecule has 84 valence electrons. The normalized spacial score (nSPS) is 10.3. The summed E-state index contributed by atoms with van der Waals surface area (Å²) in [6.07, 6.45) is 0.890. The van der Waals surface area contributed by atoms with Crippen LogP contribution in [0.25, 0.3) is 0 Å². The summed E-state index contributed by atoms with van der Waals surface area (Å²) in [5, 5.41) is 0.710. The number of ether oxygens (including phenoxy) is 2. The van der Waals surface area contributed by atoms with Gasteiger partial charge >= 0.3 is 0 Å². The largest absolute Gasteiger partial charge is 0.491 e. The van der Waals surface area contributed by atoms with E-state index < -0.39 is 0 Å². The van der Waals surface area contributed by atoms with E-state index in [2.05, 4.69) is 0 Å². The van der Waals surface area contributed by atoms with Crippen molar-refractivity contribution in [1.29, 1.82) is 0 Å². The topological polar surface area (TPSA) is 44.5 Å². The van der Waals surface area contributed by atoms with E-state index in [4.69, 9.17) is 26.8 Å². The summed E-state index contributed by atoms with van der Waals surface area (Å²) in [7, 11) is 0. The molecule has 3 nitrogen and oxygen atoms in total. The van der Waals surface area contributed by atoms with Crippen molar-refractivity contribution >= 4 is 11.6 Å². The van der Waals surface area contributed by atoms with Crippen LogP contribution in [0.5, 0.6) is 5.75 Å². The number of rotatable bonds is 7. The average Bonchev–Trinajstić information content (AvgIpc) is 2.26. The van der Waals surface area contributed by atoms with Gasteiger partial charge in [-0.15, -0.1) is 0 Å². The molecule has 0 aliphatic heterocycles. The SMILES string of the molecule is NCCCOCCOc1ccc(Cl)cc1. The molecule has 0 fully saturated rings. The van der Waals surface area contributed by atoms with E-state index in [1.807, 2.05) is 12.1 Å². The first-order chi connectivity index (χ1) is 7.33. The monoisotopic (exact) mass is 229 g/mol. The van der Waals surface area contributed by atoms with Crippen molar-refractivity contribution in [3.63, 3.8) is 0 Å². The van der Waals surface area contributed by atoms with Crippen LogP contribution < -0.4 is 10.5 Å². The fourth-order valence-electron chi connectivity index (χ4n) is 1.04. The van der Waals surface area contributed by atoms with Gasteiger partial charge in [-0.25, -0.2) is 0 Å². The molecule has 15 heavy (non-hydrogen) atoms. The van der Waals surface area contributed by atoms with Gasteiger partial charge in [-0.2, -0.15) is 0 Å². The summed E-state index contributed by atoms with van der Waals surface area (Å²) < 4.78 is 10.7. The minimum atomic E-state index is 0.548. The summed E-state index contributed by atoms with van der Waals surface area (Å²) in [5.41, 5.74) is 5.32. The summed E-state index contributed by atoms with van der Waals surface area (Å²) in [6.45, 7) is 2.49. The number of halogens is 1. The zero-order chi connectivity index (χ0) is 10.9. The molecule has 0 bridgehead atoms. The molecule has 0 atom stereocenters. The molecule has 1 aromatic rings. The Morgan fingerprint density at radius 2 is 1.80 bits per heavy atom. The van der Waals surface area contributed by atoms with Crippen molar-refractivity contribution in [2.24, 2.45) is 5.73 Å². The lowest BCUT2D eigenvalue weighted by Gasteiger charge is -2.06. The predicted molar refractivity (Wildman–Crippen MR) is 61.4 cm³/mol. The highest BCUT2D eigenvalue weighted by molar-refractivity contribution is 6.30. The van der Waals surface area contributed by atoms with Crippen molar-refractivity contribution in [2.45, 2.75) is 6.42 Å². The van der Waals surface area contributed by atoms with Crippen LogP contribution in [0.2, 0.25) is 5.02 Å². The van der Waals surface area contributed by atoms with Gasteiger partial charge in [-0.1, -0.05) is 11.6 Å². The molecular formula is C11H16ClNO2. The van der Waals surface area contributed by atoms with Crippen molar-refractivity contribution in [3.8, 4) is 5.75 Å². The van der Waals surface area contributed by atoms with E-state index in [0.717, 1.165) is 12.2 Å². The quantitative estimate of drug-likeness (QED) is 0.729. The van der Waals surface area contributed by atoms with Crippen LogP contribution in [0.4, 0.5) is 0 Å². The van der Waals surface area contributed by atoms with Gasteiger partial charge in [0.2, 0.25) is 0 Å². The third-order valence-corrected chi connectivity index (χ3v) is 2.05. The van der Waals surface area contributed by atoms with Gasteiger partial charge in [-0.3, -0.25) is 0 Å². The molecule has 1 rings (SSSR count). The molecule has 0 aliphatic rings. The lowest BCUT2D eigenvalue weighted by Crippen LogP contribution is -2.10. The van der Waals surface area contributed by atoms with Gasteiger partial charge in [0, 0.05) is 11.6 Å². The Hall–Kier alpha value is -0.770. The van der Waals surface area contributed by atoms with E-state index in [1.165, 1.54) is 0 Å². The Morgan fingerprint density at radius 3 is 2.47 bits per heavy atom. The Labute approximate surface area is 95.1 Å². The Bertz CT molecular complexity index is 264. The summed E-state index contributed by atoms with van der Waals surface area (Å²) >= 11 is 5.74. The van der Waals surface area contributed by atoms with E-state index in [1.54, 1.807) is 12.1 Å². The molecule has 0 saturated carbocycles. The van der Waals surface area contributed by atoms with Crippen LogP contribution in [0.3, 0.4) is 0 Å². The minimum absolute atomic E-state index is 0.548. The van der Waals surface area contributed by atoms with Crippen LogP contribution in [0, 0.1) is 0 Å². The fraction of sp³-hybridized carbons (Fsp3) is 0.455. The first kappa shape index (κ1) is 12.3. The van der Waals surface area contributed by atoms with Crippen molar-refractivity contribution in [1.82, 2.24) is 0 Å². The van der Waals surface area contributed by atoms with Crippen molar-refractivity contribution in [3.05, 3.63) is 29.3 Å². The van der Waals surface area contributed by atoms with Gasteiger partial charge < -0.3 is 15.2 Å². The Morgan fingerprint density at radius 1 is 1.07 bits per heavy atom. The average molecular weight is 230 g/mol. The highest BCUT2D eigenvalue weighted by atomic mass is 35.5. The molecule has 0 amide bonds. The molecule has 0 spiro atoms. The Balaban J connectivity index is 2.07. The zero-order valence-corrected chi connectivity index (χ0v) is 9.37. The van der Waals surface area contributed by atoms with Gasteiger partial charge in [0.25, 0.3) is 0 Å². The molecule has 0 unspecified atom stereocenters. The first-order valence-corrected chi connectivity index (χ1v) is 5.37. The number of benzene rings is 1. The molecule has 0 aliphatic carbocycles. The van der Waals surface area contributed by atoms with Crippen molar-refractivity contribution < 1.29 is 9.47 Å². The lowest BCUT2D eigenvalue weighted by atomic mass is 10.3. The maximum atomic E-state index is 5.74. The van der Waals surface area contributed by atoms with Gasteiger partial charge in [0.15, 0.2) is 0 Å². The smallest absolute Gasteiger partial charge is 0.119 e. The van der Waals surface area contributed by atoms with Crippen LogP contribution in [-0.2, 0) is 4.74 Å². The molecule has 0 aromatic heterocycles. The molecule has 0 heterocycles. The number of nitrogens with two attached hydrogens (primary N) is 1. The summed E-state index contributed by atoms with van der Waals surface area (Å²) in [4.78, 5) is 0. The maximum Gasteiger partial charge on any atom is 0.119 e. The lowest BCUT2D eigenvalue weighted by molar-refractivity contribution is 0.0995. The van der Waals surface area contributed by atoms with Gasteiger partial charge in [0.05, 0.1) is 6.61 Å². The highest BCUT2D eigenvalue weighted by Gasteiger charge is 1.93. The third kappa shape index (κ3) is 5.62. The second-order valence-corrected chi connectivity index (χ2v) is 3.49. The third-order valence-electron chi connectivity index (χ3n) is 1.80. The number of hydrogen-bond acceptors (Lipinski definition) is 3. The second-order valence-electron chi connectivity index (χ2n) is 3.06. The predicted octanol–water partition coefficient (Wildman–Crippen LogP) is 2.08. The standard InChI is InChI=1S/C11H16ClNO2/c12-10-2-4-11(5-3-10)15-9-8-14-7-1-6-13/h2-5H,1,6-9,13H2. The van der Waals surface area contributed by atoms with E-state index in [9.17, 15) is 0 Å². The molecule has 0 radical (unpaired) electrons. The summed E-state index contributed by atoms with van der Waals surface area (Å²) in [6, 6.07) is 7.27. The maximum absolute atomic E-state index is 5.74. The van der Waals surface area contributed by atoms with Crippen LogP contribution in [-0.4, -0.2) is 26.4 Å². The number of hydrogen-bond donors (Lipinski definition) is 1. The van der Waals surface area contributed by atoms with Crippen LogP contribution in [0.15, 0.2) is 24.3 Å².